The molecule has 0 atom stereocenters. The lowest BCUT2D eigenvalue weighted by atomic mass is 9.69. The first kappa shape index (κ1) is 12.3. The monoisotopic (exact) mass is 226 g/mol. The smallest absolute Gasteiger partial charge is 0.0587 e. The summed E-state index contributed by atoms with van der Waals surface area (Å²) in [7, 11) is 1.75. The van der Waals surface area contributed by atoms with Gasteiger partial charge in [0.05, 0.1) is 6.61 Å². The van der Waals surface area contributed by atoms with E-state index >= 15 is 0 Å². The largest absolute Gasteiger partial charge is 0.383 e. The Morgan fingerprint density at radius 3 is 2.56 bits per heavy atom. The van der Waals surface area contributed by atoms with Gasteiger partial charge < -0.3 is 15.0 Å². The Bertz CT molecular complexity index is 194. The van der Waals surface area contributed by atoms with E-state index in [2.05, 4.69) is 10.2 Å². The van der Waals surface area contributed by atoms with E-state index in [4.69, 9.17) is 4.74 Å². The van der Waals surface area contributed by atoms with E-state index < -0.39 is 0 Å². The van der Waals surface area contributed by atoms with Crippen molar-refractivity contribution < 1.29 is 4.74 Å². The Morgan fingerprint density at radius 2 is 1.88 bits per heavy atom. The van der Waals surface area contributed by atoms with Gasteiger partial charge in [0.2, 0.25) is 0 Å². The summed E-state index contributed by atoms with van der Waals surface area (Å²) in [6, 6.07) is 0. The molecule has 0 aromatic carbocycles. The third-order valence-corrected chi connectivity index (χ3v) is 4.12. The van der Waals surface area contributed by atoms with Crippen molar-refractivity contribution in [2.24, 2.45) is 5.41 Å². The average molecular weight is 226 g/mol. The highest BCUT2D eigenvalue weighted by Crippen LogP contribution is 2.43. The van der Waals surface area contributed by atoms with Crippen molar-refractivity contribution in [3.8, 4) is 0 Å². The van der Waals surface area contributed by atoms with Crippen LogP contribution < -0.4 is 5.32 Å². The highest BCUT2D eigenvalue weighted by molar-refractivity contribution is 4.96. The number of hydrogen-bond donors (Lipinski definition) is 1. The SMILES string of the molecule is COCCNCCN1CC2(CCCCC2)C1. The van der Waals surface area contributed by atoms with Crippen LogP contribution in [0.15, 0.2) is 0 Å². The maximum Gasteiger partial charge on any atom is 0.0587 e. The molecule has 1 saturated carbocycles. The van der Waals surface area contributed by atoms with Gasteiger partial charge in [-0.05, 0) is 18.3 Å². The summed E-state index contributed by atoms with van der Waals surface area (Å²) in [5.74, 6) is 0. The van der Waals surface area contributed by atoms with Crippen LogP contribution in [-0.4, -0.2) is 51.3 Å². The van der Waals surface area contributed by atoms with Gasteiger partial charge in [0.15, 0.2) is 0 Å². The van der Waals surface area contributed by atoms with Gasteiger partial charge in [0.25, 0.3) is 0 Å². The van der Waals surface area contributed by atoms with Gasteiger partial charge in [-0.2, -0.15) is 0 Å². The van der Waals surface area contributed by atoms with Crippen LogP contribution in [0.2, 0.25) is 0 Å². The Hall–Kier alpha value is -0.120. The number of methoxy groups -OCH3 is 1. The fourth-order valence-electron chi connectivity index (χ4n) is 3.21. The molecule has 2 aliphatic rings. The zero-order valence-corrected chi connectivity index (χ0v) is 10.6. The molecule has 2 rings (SSSR count). The van der Waals surface area contributed by atoms with Crippen LogP contribution in [0.3, 0.4) is 0 Å². The minimum atomic E-state index is 0.741. The molecule has 1 aliphatic heterocycles. The first-order valence-electron chi connectivity index (χ1n) is 6.77. The Morgan fingerprint density at radius 1 is 1.12 bits per heavy atom. The summed E-state index contributed by atoms with van der Waals surface area (Å²) >= 11 is 0. The van der Waals surface area contributed by atoms with Crippen molar-refractivity contribution in [3.63, 3.8) is 0 Å². The zero-order valence-electron chi connectivity index (χ0n) is 10.6. The third kappa shape index (κ3) is 3.19. The number of likely N-dealkylation sites (tertiary alicyclic amines) is 1. The standard InChI is InChI=1S/C13H26N2O/c1-16-10-8-14-7-9-15-11-13(12-15)5-3-2-4-6-13/h14H,2-12H2,1H3. The molecule has 0 aromatic rings. The fourth-order valence-corrected chi connectivity index (χ4v) is 3.21. The maximum absolute atomic E-state index is 5.00. The minimum absolute atomic E-state index is 0.741. The van der Waals surface area contributed by atoms with Gasteiger partial charge in [-0.15, -0.1) is 0 Å². The van der Waals surface area contributed by atoms with Crippen LogP contribution >= 0.6 is 0 Å². The van der Waals surface area contributed by atoms with E-state index in [1.165, 1.54) is 51.7 Å². The number of ether oxygens (including phenoxy) is 1. The second-order valence-corrected chi connectivity index (χ2v) is 5.51. The van der Waals surface area contributed by atoms with Gasteiger partial charge in [-0.1, -0.05) is 19.3 Å². The van der Waals surface area contributed by atoms with Gasteiger partial charge in [0, 0.05) is 39.8 Å². The van der Waals surface area contributed by atoms with Crippen LogP contribution in [0, 0.1) is 5.41 Å². The summed E-state index contributed by atoms with van der Waals surface area (Å²) in [6.07, 6.45) is 7.39. The van der Waals surface area contributed by atoms with Crippen LogP contribution in [-0.2, 0) is 4.74 Å². The van der Waals surface area contributed by atoms with Crippen molar-refractivity contribution in [1.29, 1.82) is 0 Å². The normalized spacial score (nSPS) is 24.6. The number of rotatable bonds is 6. The second kappa shape index (κ2) is 5.99. The van der Waals surface area contributed by atoms with Crippen molar-refractivity contribution in [2.75, 3.05) is 46.4 Å². The van der Waals surface area contributed by atoms with Crippen molar-refractivity contribution >= 4 is 0 Å². The zero-order chi connectivity index (χ0) is 11.3. The van der Waals surface area contributed by atoms with E-state index in [1.807, 2.05) is 0 Å². The molecule has 0 bridgehead atoms. The van der Waals surface area contributed by atoms with Crippen molar-refractivity contribution in [3.05, 3.63) is 0 Å². The van der Waals surface area contributed by atoms with Crippen LogP contribution in [0.1, 0.15) is 32.1 Å². The Labute approximate surface area is 99.5 Å². The number of nitrogens with one attached hydrogen (secondary N) is 1. The number of hydrogen-bond acceptors (Lipinski definition) is 3. The molecule has 94 valence electrons. The predicted molar refractivity (Wildman–Crippen MR) is 66.7 cm³/mol. The lowest BCUT2D eigenvalue weighted by molar-refractivity contribution is -0.0267. The van der Waals surface area contributed by atoms with Crippen LogP contribution in [0.5, 0.6) is 0 Å². The summed E-state index contributed by atoms with van der Waals surface area (Å²) in [6.45, 7) is 6.85. The summed E-state index contributed by atoms with van der Waals surface area (Å²) in [4.78, 5) is 2.60. The first-order valence-corrected chi connectivity index (χ1v) is 6.77. The maximum atomic E-state index is 5.00. The van der Waals surface area contributed by atoms with Gasteiger partial charge in [-0.3, -0.25) is 0 Å². The highest BCUT2D eigenvalue weighted by Gasteiger charge is 2.42. The molecule has 0 amide bonds. The van der Waals surface area contributed by atoms with Crippen LogP contribution in [0.25, 0.3) is 0 Å². The first-order chi connectivity index (χ1) is 7.85. The molecule has 1 saturated heterocycles. The predicted octanol–water partition coefficient (Wildman–Crippen LogP) is 1.49. The summed E-state index contributed by atoms with van der Waals surface area (Å²) < 4.78 is 5.00. The molecule has 0 aromatic heterocycles. The van der Waals surface area contributed by atoms with Gasteiger partial charge in [-0.25, -0.2) is 0 Å². The molecule has 1 aliphatic carbocycles. The van der Waals surface area contributed by atoms with E-state index in [1.54, 1.807) is 7.11 Å². The molecular formula is C13H26N2O. The molecular weight excluding hydrogens is 200 g/mol. The fraction of sp³-hybridized carbons (Fsp3) is 1.00. The second-order valence-electron chi connectivity index (χ2n) is 5.51. The molecule has 0 radical (unpaired) electrons. The summed E-state index contributed by atoms with van der Waals surface area (Å²) in [5, 5.41) is 3.41. The average Bonchev–Trinajstić information content (AvgIpc) is 2.28. The van der Waals surface area contributed by atoms with Crippen molar-refractivity contribution in [1.82, 2.24) is 10.2 Å². The Balaban J connectivity index is 1.51. The molecule has 1 heterocycles. The Kier molecular flexibility index (Phi) is 4.62. The van der Waals surface area contributed by atoms with Gasteiger partial charge >= 0.3 is 0 Å². The topological polar surface area (TPSA) is 24.5 Å². The lowest BCUT2D eigenvalue weighted by Crippen LogP contribution is -2.58. The third-order valence-electron chi connectivity index (χ3n) is 4.12. The van der Waals surface area contributed by atoms with Crippen molar-refractivity contribution in [2.45, 2.75) is 32.1 Å². The molecule has 3 heteroatoms. The molecule has 2 fully saturated rings. The van der Waals surface area contributed by atoms with E-state index in [0.717, 1.165) is 25.1 Å². The molecule has 3 nitrogen and oxygen atoms in total. The van der Waals surface area contributed by atoms with Crippen LogP contribution in [0.4, 0.5) is 0 Å². The lowest BCUT2D eigenvalue weighted by Gasteiger charge is -2.52. The van der Waals surface area contributed by atoms with E-state index in [-0.39, 0.29) is 0 Å². The highest BCUT2D eigenvalue weighted by atomic mass is 16.5. The summed E-state index contributed by atoms with van der Waals surface area (Å²) in [5.41, 5.74) is 0.741. The molecule has 1 spiro atoms. The molecule has 16 heavy (non-hydrogen) atoms. The minimum Gasteiger partial charge on any atom is -0.383 e. The molecule has 0 unspecified atom stereocenters. The molecule has 1 N–H and O–H groups in total. The quantitative estimate of drug-likeness (QED) is 0.695. The number of nitrogens with zero attached hydrogens (tertiary/aromatic N) is 1. The van der Waals surface area contributed by atoms with E-state index in [9.17, 15) is 0 Å². The van der Waals surface area contributed by atoms with Gasteiger partial charge in [0.1, 0.15) is 0 Å². The van der Waals surface area contributed by atoms with E-state index in [0.29, 0.717) is 0 Å².